The molecule has 2 unspecified atom stereocenters. The molecule has 0 heterocycles. The maximum atomic E-state index is 12.9. The number of hydrogen-bond donors (Lipinski definition) is 0. The smallest absolute Gasteiger partial charge is 0.306 e. The van der Waals surface area contributed by atoms with Crippen LogP contribution in [0.15, 0.2) is 0 Å². The van der Waals surface area contributed by atoms with Crippen LogP contribution in [0.2, 0.25) is 0 Å². The Morgan fingerprint density at radius 2 is 0.500 bits per heavy atom. The minimum absolute atomic E-state index is 0.0631. The van der Waals surface area contributed by atoms with Gasteiger partial charge in [-0.25, -0.2) is 0 Å². The Morgan fingerprint density at radius 1 is 0.286 bits per heavy atom. The van der Waals surface area contributed by atoms with Crippen LogP contribution >= 0.6 is 0 Å². The van der Waals surface area contributed by atoms with Crippen molar-refractivity contribution in [3.05, 3.63) is 0 Å². The second-order valence-electron chi connectivity index (χ2n) is 23.0. The summed E-state index contributed by atoms with van der Waals surface area (Å²) in [5, 5.41) is 0. The average molecular weight is 990 g/mol. The van der Waals surface area contributed by atoms with Gasteiger partial charge in [-0.05, 0) is 37.0 Å². The Balaban J connectivity index is 4.24. The molecule has 0 saturated carbocycles. The van der Waals surface area contributed by atoms with Crippen molar-refractivity contribution in [3.8, 4) is 0 Å². The van der Waals surface area contributed by atoms with Gasteiger partial charge in [-0.1, -0.05) is 318 Å². The highest BCUT2D eigenvalue weighted by Crippen LogP contribution is 2.20. The lowest BCUT2D eigenvalue weighted by atomic mass is 9.99. The summed E-state index contributed by atoms with van der Waals surface area (Å²) in [6.45, 7) is 13.8. The van der Waals surface area contributed by atoms with Crippen LogP contribution in [0.4, 0.5) is 0 Å². The van der Waals surface area contributed by atoms with E-state index in [2.05, 4.69) is 41.5 Å². The second kappa shape index (κ2) is 55.2. The minimum Gasteiger partial charge on any atom is -0.462 e. The summed E-state index contributed by atoms with van der Waals surface area (Å²) in [5.74, 6) is 1.77. The maximum absolute atomic E-state index is 12.9. The van der Waals surface area contributed by atoms with Crippen LogP contribution in [-0.2, 0) is 28.6 Å². The van der Waals surface area contributed by atoms with E-state index in [1.165, 1.54) is 238 Å². The fourth-order valence-electron chi connectivity index (χ4n) is 9.82. The van der Waals surface area contributed by atoms with Gasteiger partial charge in [0.2, 0.25) is 0 Å². The van der Waals surface area contributed by atoms with E-state index >= 15 is 0 Å². The van der Waals surface area contributed by atoms with Crippen molar-refractivity contribution in [3.63, 3.8) is 0 Å². The van der Waals surface area contributed by atoms with E-state index in [4.69, 9.17) is 14.2 Å². The molecule has 3 atom stereocenters. The van der Waals surface area contributed by atoms with Crippen LogP contribution in [0, 0.1) is 17.8 Å². The molecule has 0 aromatic carbocycles. The molecule has 6 heteroatoms. The molecule has 6 nitrogen and oxygen atoms in total. The molecule has 0 aromatic heterocycles. The van der Waals surface area contributed by atoms with Crippen LogP contribution < -0.4 is 0 Å². The first-order chi connectivity index (χ1) is 34.2. The van der Waals surface area contributed by atoms with Crippen molar-refractivity contribution >= 4 is 17.9 Å². The van der Waals surface area contributed by atoms with E-state index in [9.17, 15) is 14.4 Å². The van der Waals surface area contributed by atoms with Gasteiger partial charge in [0, 0.05) is 19.3 Å². The number of rotatable bonds is 57. The van der Waals surface area contributed by atoms with Crippen molar-refractivity contribution < 1.29 is 28.6 Å². The van der Waals surface area contributed by atoms with Gasteiger partial charge in [0.15, 0.2) is 6.10 Å². The van der Waals surface area contributed by atoms with Crippen molar-refractivity contribution in [2.24, 2.45) is 17.8 Å². The van der Waals surface area contributed by atoms with Gasteiger partial charge < -0.3 is 14.2 Å². The molecule has 0 aliphatic rings. The number of unbranched alkanes of at least 4 members (excludes halogenated alkanes) is 38. The molecule has 0 saturated heterocycles. The molecule has 0 bridgehead atoms. The molecule has 0 spiro atoms. The molecule has 0 fully saturated rings. The third kappa shape index (κ3) is 54.2. The molecule has 0 N–H and O–H groups in total. The lowest BCUT2D eigenvalue weighted by molar-refractivity contribution is -0.167. The summed E-state index contributed by atoms with van der Waals surface area (Å²) >= 11 is 0. The highest BCUT2D eigenvalue weighted by atomic mass is 16.6. The van der Waals surface area contributed by atoms with Crippen molar-refractivity contribution in [1.82, 2.24) is 0 Å². The monoisotopic (exact) mass is 989 g/mol. The van der Waals surface area contributed by atoms with Gasteiger partial charge in [0.1, 0.15) is 13.2 Å². The Labute approximate surface area is 438 Å². The third-order valence-electron chi connectivity index (χ3n) is 15.4. The van der Waals surface area contributed by atoms with Gasteiger partial charge >= 0.3 is 17.9 Å². The summed E-state index contributed by atoms with van der Waals surface area (Å²) in [5.41, 5.74) is 0. The van der Waals surface area contributed by atoms with Gasteiger partial charge in [-0.2, -0.15) is 0 Å². The largest absolute Gasteiger partial charge is 0.462 e. The zero-order valence-electron chi connectivity index (χ0n) is 48.3. The van der Waals surface area contributed by atoms with Crippen molar-refractivity contribution in [1.29, 1.82) is 0 Å². The first-order valence-electron chi connectivity index (χ1n) is 31.7. The summed E-state index contributed by atoms with van der Waals surface area (Å²) in [4.78, 5) is 38.3. The fraction of sp³-hybridized carbons (Fsp3) is 0.953. The fourth-order valence-corrected chi connectivity index (χ4v) is 9.82. The van der Waals surface area contributed by atoms with E-state index in [0.717, 1.165) is 75.5 Å². The predicted molar refractivity (Wildman–Crippen MR) is 303 cm³/mol. The zero-order valence-corrected chi connectivity index (χ0v) is 48.3. The molecule has 0 aliphatic heterocycles. The molecule has 0 rings (SSSR count). The number of carbonyl (C=O) groups is 3. The summed E-state index contributed by atoms with van der Waals surface area (Å²) in [6, 6.07) is 0. The van der Waals surface area contributed by atoms with E-state index in [-0.39, 0.29) is 31.1 Å². The number of esters is 3. The second-order valence-corrected chi connectivity index (χ2v) is 23.0. The molecule has 0 aliphatic carbocycles. The number of ether oxygens (including phenoxy) is 3. The minimum atomic E-state index is -0.764. The number of carbonyl (C=O) groups excluding carboxylic acids is 3. The van der Waals surface area contributed by atoms with Crippen LogP contribution in [0.1, 0.15) is 356 Å². The Kier molecular flexibility index (Phi) is 53.9. The van der Waals surface area contributed by atoms with E-state index < -0.39 is 6.10 Å². The topological polar surface area (TPSA) is 78.9 Å². The molecular formula is C64H124O6. The molecule has 0 amide bonds. The quantitative estimate of drug-likeness (QED) is 0.0343. The Bertz CT molecular complexity index is 1090. The van der Waals surface area contributed by atoms with Crippen LogP contribution in [0.25, 0.3) is 0 Å². The Hall–Kier alpha value is -1.59. The first kappa shape index (κ1) is 68.4. The van der Waals surface area contributed by atoms with Crippen LogP contribution in [0.3, 0.4) is 0 Å². The highest BCUT2D eigenvalue weighted by molar-refractivity contribution is 5.71. The maximum Gasteiger partial charge on any atom is 0.306 e. The van der Waals surface area contributed by atoms with E-state index in [0.29, 0.717) is 19.3 Å². The zero-order chi connectivity index (χ0) is 51.2. The van der Waals surface area contributed by atoms with Gasteiger partial charge in [0.05, 0.1) is 0 Å². The standard InChI is InChI=1S/C64H124O6/c1-7-59(5)51-45-39-33-27-23-19-15-11-9-10-12-16-20-24-28-35-41-47-53-62(65)68-56-61(57-69-63(66)54-48-42-36-31-30-34-40-46-52-60(6)8-2)70-64(67)55-49-43-37-29-25-21-17-13-14-18-22-26-32-38-44-50-58(3)4/h58-61H,7-57H2,1-6H3/t59?,60?,61-/m0/s1. The SMILES string of the molecule is CCC(C)CCCCCCCCCCCCCCCCCCCCC(=O)OC[C@@H](COC(=O)CCCCCCCCCCC(C)CC)OC(=O)CCCCCCCCCCCCCCCCCC(C)C. The molecule has 70 heavy (non-hydrogen) atoms. The predicted octanol–water partition coefficient (Wildman–Crippen LogP) is 21.1. The normalized spacial score (nSPS) is 12.9. The van der Waals surface area contributed by atoms with E-state index in [1.807, 2.05) is 0 Å². The van der Waals surface area contributed by atoms with E-state index in [1.54, 1.807) is 0 Å². The summed E-state index contributed by atoms with van der Waals surface area (Å²) in [7, 11) is 0. The summed E-state index contributed by atoms with van der Waals surface area (Å²) < 4.78 is 16.9. The summed E-state index contributed by atoms with van der Waals surface area (Å²) in [6.07, 6.45) is 59.5. The van der Waals surface area contributed by atoms with Gasteiger partial charge in [0.25, 0.3) is 0 Å². The number of hydrogen-bond acceptors (Lipinski definition) is 6. The molecule has 0 aromatic rings. The van der Waals surface area contributed by atoms with Gasteiger partial charge in [-0.3, -0.25) is 14.4 Å². The third-order valence-corrected chi connectivity index (χ3v) is 15.4. The Morgan fingerprint density at radius 3 is 0.743 bits per heavy atom. The lowest BCUT2D eigenvalue weighted by Gasteiger charge is -2.18. The van der Waals surface area contributed by atoms with Gasteiger partial charge in [-0.15, -0.1) is 0 Å². The van der Waals surface area contributed by atoms with Crippen LogP contribution in [0.5, 0.6) is 0 Å². The molecular weight excluding hydrogens is 865 g/mol. The average Bonchev–Trinajstić information content (AvgIpc) is 3.35. The lowest BCUT2D eigenvalue weighted by Crippen LogP contribution is -2.30. The van der Waals surface area contributed by atoms with Crippen molar-refractivity contribution in [2.75, 3.05) is 13.2 Å². The van der Waals surface area contributed by atoms with Crippen LogP contribution in [-0.4, -0.2) is 37.2 Å². The van der Waals surface area contributed by atoms with Crippen molar-refractivity contribution in [2.45, 2.75) is 362 Å². The molecule has 416 valence electrons. The highest BCUT2D eigenvalue weighted by Gasteiger charge is 2.19. The molecule has 0 radical (unpaired) electrons. The first-order valence-corrected chi connectivity index (χ1v) is 31.7.